The number of hydrogen-bond donors (Lipinski definition) is 4. The fraction of sp³-hybridized carbons (Fsp3) is 0.318. The minimum Gasteiger partial charge on any atom is -0.386 e. The third kappa shape index (κ3) is 2.88. The number of piperidine rings is 1. The minimum absolute atomic E-state index is 0.239. The highest BCUT2D eigenvalue weighted by Crippen LogP contribution is 2.43. The number of anilines is 4. The van der Waals surface area contributed by atoms with Gasteiger partial charge in [0.05, 0.1) is 28.5 Å². The number of pyridine rings is 1. The van der Waals surface area contributed by atoms with E-state index in [0.29, 0.717) is 29.2 Å². The van der Waals surface area contributed by atoms with E-state index in [4.69, 9.17) is 15.7 Å². The summed E-state index contributed by atoms with van der Waals surface area (Å²) >= 11 is 0. The average Bonchev–Trinajstić information content (AvgIpc) is 3.45. The molecule has 6 rings (SSSR count). The first-order chi connectivity index (χ1) is 15.1. The lowest BCUT2D eigenvalue weighted by Gasteiger charge is -2.31. The molecule has 8 nitrogen and oxygen atoms in total. The lowest BCUT2D eigenvalue weighted by atomic mass is 10.0. The van der Waals surface area contributed by atoms with Gasteiger partial charge in [-0.05, 0) is 43.0 Å². The van der Waals surface area contributed by atoms with Crippen LogP contribution in [0.15, 0.2) is 36.7 Å². The van der Waals surface area contributed by atoms with E-state index >= 15 is 0 Å². The van der Waals surface area contributed by atoms with Crippen LogP contribution in [0.5, 0.6) is 0 Å². The normalized spacial score (nSPS) is 22.5. The molecular weight excluding hydrogens is 395 g/mol. The number of fused-ring (bicyclic) bond motifs is 5. The number of hydrogen-bond acceptors (Lipinski definition) is 7. The van der Waals surface area contributed by atoms with Crippen LogP contribution in [-0.4, -0.2) is 45.6 Å². The molecule has 1 aliphatic heterocycles. The molecule has 2 fully saturated rings. The maximum Gasteiger partial charge on any atom is 0.231 e. The molecule has 1 aromatic carbocycles. The Morgan fingerprint density at radius 3 is 2.87 bits per heavy atom. The van der Waals surface area contributed by atoms with Crippen molar-refractivity contribution in [2.45, 2.75) is 24.9 Å². The second kappa shape index (κ2) is 6.78. The zero-order valence-corrected chi connectivity index (χ0v) is 17.1. The Hall–Kier alpha value is -3.46. The minimum atomic E-state index is -0.300. The molecule has 2 aliphatic rings. The largest absolute Gasteiger partial charge is 0.386 e. The van der Waals surface area contributed by atoms with Gasteiger partial charge in [0, 0.05) is 37.3 Å². The first-order valence-electron chi connectivity index (χ1n) is 10.5. The second-order valence-electron chi connectivity index (χ2n) is 8.41. The summed E-state index contributed by atoms with van der Waals surface area (Å²) in [4.78, 5) is 19.5. The van der Waals surface area contributed by atoms with Crippen molar-refractivity contribution in [1.82, 2.24) is 19.9 Å². The van der Waals surface area contributed by atoms with Crippen LogP contribution in [0.3, 0.4) is 0 Å². The van der Waals surface area contributed by atoms with Gasteiger partial charge in [0.1, 0.15) is 17.3 Å². The van der Waals surface area contributed by atoms with Crippen LogP contribution >= 0.6 is 0 Å². The molecule has 0 amide bonds. The Balaban J connectivity index is 1.57. The predicted octanol–water partition coefficient (Wildman–Crippen LogP) is 3.36. The van der Waals surface area contributed by atoms with Crippen LogP contribution < -0.4 is 21.3 Å². The molecule has 4 aromatic rings. The van der Waals surface area contributed by atoms with Gasteiger partial charge in [-0.2, -0.15) is 9.97 Å². The first-order valence-corrected chi connectivity index (χ1v) is 10.5. The van der Waals surface area contributed by atoms with Crippen LogP contribution in [0.4, 0.5) is 27.5 Å². The molecule has 1 saturated carbocycles. The topological polar surface area (TPSA) is 108 Å². The number of nitrogens with zero attached hydrogens (tertiary/aromatic N) is 4. The van der Waals surface area contributed by atoms with Crippen molar-refractivity contribution in [1.29, 1.82) is 0 Å². The van der Waals surface area contributed by atoms with Gasteiger partial charge in [0.15, 0.2) is 0 Å². The number of halogens is 1. The Bertz CT molecular complexity index is 1290. The third-order valence-electron chi connectivity index (χ3n) is 6.56. The van der Waals surface area contributed by atoms with Gasteiger partial charge in [-0.1, -0.05) is 0 Å². The number of aromatic nitrogens is 4. The maximum atomic E-state index is 14.4. The molecule has 158 valence electrons. The summed E-state index contributed by atoms with van der Waals surface area (Å²) in [7, 11) is 1.78. The molecule has 4 heterocycles. The molecular formula is C22H23FN8. The molecule has 2 unspecified atom stereocenters. The van der Waals surface area contributed by atoms with Gasteiger partial charge >= 0.3 is 0 Å². The zero-order chi connectivity index (χ0) is 21.1. The number of benzene rings is 1. The smallest absolute Gasteiger partial charge is 0.231 e. The summed E-state index contributed by atoms with van der Waals surface area (Å²) in [6.07, 6.45) is 5.46. The molecule has 5 N–H and O–H groups in total. The highest BCUT2D eigenvalue weighted by Gasteiger charge is 2.44. The Labute approximate surface area is 178 Å². The van der Waals surface area contributed by atoms with Crippen LogP contribution in [0, 0.1) is 11.7 Å². The summed E-state index contributed by atoms with van der Waals surface area (Å²) < 4.78 is 14.4. The molecule has 2 bridgehead atoms. The van der Waals surface area contributed by atoms with Gasteiger partial charge in [-0.25, -0.2) is 4.39 Å². The fourth-order valence-electron chi connectivity index (χ4n) is 5.12. The van der Waals surface area contributed by atoms with E-state index in [1.807, 2.05) is 12.1 Å². The number of aromatic amines is 1. The number of nitrogens with two attached hydrogens (primary N) is 1. The summed E-state index contributed by atoms with van der Waals surface area (Å²) in [6, 6.07) is 7.38. The SMILES string of the molecule is CNc1cc(F)cc2c1[nH]c1nc(Nc3cccnc3)nc(N3CC4CC3C[C@H]4N)c12. The van der Waals surface area contributed by atoms with Crippen LogP contribution in [0.1, 0.15) is 12.8 Å². The van der Waals surface area contributed by atoms with Gasteiger partial charge in [0.25, 0.3) is 0 Å². The van der Waals surface area contributed by atoms with E-state index in [2.05, 4.69) is 25.5 Å². The van der Waals surface area contributed by atoms with E-state index in [9.17, 15) is 4.39 Å². The van der Waals surface area contributed by atoms with Crippen molar-refractivity contribution < 1.29 is 4.39 Å². The van der Waals surface area contributed by atoms with Gasteiger partial charge in [0.2, 0.25) is 5.95 Å². The Morgan fingerprint density at radius 1 is 1.26 bits per heavy atom. The van der Waals surface area contributed by atoms with Crippen molar-refractivity contribution in [2.24, 2.45) is 11.7 Å². The zero-order valence-electron chi connectivity index (χ0n) is 17.1. The van der Waals surface area contributed by atoms with Crippen molar-refractivity contribution in [3.05, 3.63) is 42.5 Å². The van der Waals surface area contributed by atoms with Gasteiger partial charge in [-0.3, -0.25) is 4.98 Å². The lowest BCUT2D eigenvalue weighted by molar-refractivity contribution is 0.471. The maximum absolute atomic E-state index is 14.4. The highest BCUT2D eigenvalue weighted by molar-refractivity contribution is 6.15. The molecule has 0 radical (unpaired) electrons. The van der Waals surface area contributed by atoms with Crippen LogP contribution in [0.25, 0.3) is 21.9 Å². The van der Waals surface area contributed by atoms with E-state index in [1.165, 1.54) is 6.07 Å². The Kier molecular flexibility index (Phi) is 4.01. The van der Waals surface area contributed by atoms with E-state index in [0.717, 1.165) is 47.2 Å². The van der Waals surface area contributed by atoms with E-state index in [1.54, 1.807) is 25.5 Å². The van der Waals surface area contributed by atoms with Crippen LogP contribution in [-0.2, 0) is 0 Å². The van der Waals surface area contributed by atoms with E-state index < -0.39 is 0 Å². The highest BCUT2D eigenvalue weighted by atomic mass is 19.1. The average molecular weight is 418 g/mol. The number of rotatable bonds is 4. The number of H-pyrrole nitrogens is 1. The molecule has 9 heteroatoms. The third-order valence-corrected chi connectivity index (χ3v) is 6.56. The predicted molar refractivity (Wildman–Crippen MR) is 120 cm³/mol. The summed E-state index contributed by atoms with van der Waals surface area (Å²) in [5.41, 5.74) is 9.26. The Morgan fingerprint density at radius 2 is 2.16 bits per heavy atom. The van der Waals surface area contributed by atoms with Crippen molar-refractivity contribution in [2.75, 3.05) is 29.1 Å². The van der Waals surface area contributed by atoms with E-state index in [-0.39, 0.29) is 11.9 Å². The lowest BCUT2D eigenvalue weighted by Crippen LogP contribution is -2.41. The van der Waals surface area contributed by atoms with Crippen molar-refractivity contribution >= 4 is 45.1 Å². The quantitative estimate of drug-likeness (QED) is 0.402. The summed E-state index contributed by atoms with van der Waals surface area (Å²) in [5, 5.41) is 7.94. The summed E-state index contributed by atoms with van der Waals surface area (Å²) in [6.45, 7) is 0.852. The number of nitrogens with one attached hydrogen (secondary N) is 3. The van der Waals surface area contributed by atoms with Gasteiger partial charge < -0.3 is 26.3 Å². The fourth-order valence-corrected chi connectivity index (χ4v) is 5.12. The standard InChI is InChI=1S/C22H23FN8/c1-25-17-7-12(23)6-15-18-20(28-19(15)17)29-22(27-13-3-2-4-26-9-13)30-21(18)31-10-11-5-14(31)8-16(11)24/h2-4,6-7,9,11,14,16,25H,5,8,10,24H2,1H3,(H2,27,28,29,30)/t11?,14?,16-/m1/s1. The summed E-state index contributed by atoms with van der Waals surface area (Å²) in [5.74, 6) is 1.45. The molecule has 1 saturated heterocycles. The van der Waals surface area contributed by atoms with Crippen molar-refractivity contribution in [3.8, 4) is 0 Å². The second-order valence-corrected chi connectivity index (χ2v) is 8.41. The molecule has 31 heavy (non-hydrogen) atoms. The molecule has 1 aliphatic carbocycles. The van der Waals surface area contributed by atoms with Crippen molar-refractivity contribution in [3.63, 3.8) is 0 Å². The molecule has 3 atom stereocenters. The van der Waals surface area contributed by atoms with Gasteiger partial charge in [-0.15, -0.1) is 0 Å². The van der Waals surface area contributed by atoms with Crippen LogP contribution in [0.2, 0.25) is 0 Å². The monoisotopic (exact) mass is 418 g/mol. The molecule has 0 spiro atoms. The molecule has 3 aromatic heterocycles. The first kappa shape index (κ1) is 18.3.